The van der Waals surface area contributed by atoms with Crippen LogP contribution in [0.3, 0.4) is 0 Å². The van der Waals surface area contributed by atoms with Crippen molar-refractivity contribution in [2.45, 2.75) is 50.1 Å². The largest absolute Gasteiger partial charge is 0.308 e. The minimum Gasteiger partial charge on any atom is -0.308 e. The molecule has 1 aromatic carbocycles. The van der Waals surface area contributed by atoms with Crippen molar-refractivity contribution in [1.82, 2.24) is 9.97 Å². The van der Waals surface area contributed by atoms with E-state index in [1.165, 1.54) is 34.2 Å². The molecule has 1 amide bonds. The molecule has 138 valence electrons. The molecule has 27 heavy (non-hydrogen) atoms. The number of aryl methyl sites for hydroxylation is 2. The van der Waals surface area contributed by atoms with Gasteiger partial charge in [0.1, 0.15) is 16.2 Å². The number of hydrogen-bond acceptors (Lipinski definition) is 5. The molecule has 0 spiro atoms. The zero-order chi connectivity index (χ0) is 18.4. The van der Waals surface area contributed by atoms with Crippen LogP contribution in [-0.4, -0.2) is 27.7 Å². The highest BCUT2D eigenvalue weighted by Crippen LogP contribution is 2.39. The lowest BCUT2D eigenvalue weighted by atomic mass is 9.97. The Kier molecular flexibility index (Phi) is 4.40. The Labute approximate surface area is 167 Å². The summed E-state index contributed by atoms with van der Waals surface area (Å²) in [6.07, 6.45) is 7.34. The fourth-order valence-electron chi connectivity index (χ4n) is 4.32. The van der Waals surface area contributed by atoms with Gasteiger partial charge in [-0.3, -0.25) is 4.79 Å². The molecule has 3 heterocycles. The van der Waals surface area contributed by atoms with E-state index in [9.17, 15) is 4.79 Å². The molecule has 0 unspecified atom stereocenters. The molecule has 1 atom stereocenters. The van der Waals surface area contributed by atoms with Crippen molar-refractivity contribution in [3.63, 3.8) is 0 Å². The van der Waals surface area contributed by atoms with E-state index in [-0.39, 0.29) is 11.9 Å². The van der Waals surface area contributed by atoms with Crippen LogP contribution >= 0.6 is 23.1 Å². The number of hydrogen-bond donors (Lipinski definition) is 0. The second-order valence-electron chi connectivity index (χ2n) is 7.30. The number of rotatable bonds is 3. The van der Waals surface area contributed by atoms with Crippen LogP contribution in [0.5, 0.6) is 0 Å². The number of thiophene rings is 1. The number of carbonyl (C=O) groups excluding carboxylic acids is 1. The van der Waals surface area contributed by atoms with Gasteiger partial charge in [-0.1, -0.05) is 30.0 Å². The van der Waals surface area contributed by atoms with Crippen LogP contribution < -0.4 is 4.90 Å². The Balaban J connectivity index is 1.41. The molecule has 4 nitrogen and oxygen atoms in total. The first-order chi connectivity index (χ1) is 13.2. The van der Waals surface area contributed by atoms with Gasteiger partial charge >= 0.3 is 0 Å². The highest BCUT2D eigenvalue weighted by Gasteiger charge is 2.30. The van der Waals surface area contributed by atoms with Crippen molar-refractivity contribution in [1.29, 1.82) is 0 Å². The van der Waals surface area contributed by atoms with Crippen LogP contribution in [0.15, 0.2) is 35.6 Å². The SMILES string of the molecule is C[C@H]1Cc2ccccc2N1C(=O)CSc1ncnc2sc3c(c12)CCCC3. The van der Waals surface area contributed by atoms with Gasteiger partial charge in [0.2, 0.25) is 5.91 Å². The molecule has 0 N–H and O–H groups in total. The maximum absolute atomic E-state index is 13.0. The van der Waals surface area contributed by atoms with E-state index in [0.29, 0.717) is 5.75 Å². The van der Waals surface area contributed by atoms with Crippen LogP contribution in [0.1, 0.15) is 35.8 Å². The maximum atomic E-state index is 13.0. The zero-order valence-corrected chi connectivity index (χ0v) is 16.9. The highest BCUT2D eigenvalue weighted by atomic mass is 32.2. The first kappa shape index (κ1) is 17.2. The number of benzene rings is 1. The molecule has 5 rings (SSSR count). The molecule has 2 aliphatic rings. The second kappa shape index (κ2) is 6.91. The summed E-state index contributed by atoms with van der Waals surface area (Å²) in [5, 5.41) is 2.16. The third kappa shape index (κ3) is 2.95. The Bertz CT molecular complexity index is 1030. The van der Waals surface area contributed by atoms with E-state index in [4.69, 9.17) is 0 Å². The molecule has 1 aliphatic heterocycles. The zero-order valence-electron chi connectivity index (χ0n) is 15.3. The average molecular weight is 396 g/mol. The summed E-state index contributed by atoms with van der Waals surface area (Å²) >= 11 is 3.37. The van der Waals surface area contributed by atoms with E-state index in [0.717, 1.165) is 34.8 Å². The van der Waals surface area contributed by atoms with Crippen LogP contribution in [0.4, 0.5) is 5.69 Å². The van der Waals surface area contributed by atoms with Crippen LogP contribution in [-0.2, 0) is 24.1 Å². The summed E-state index contributed by atoms with van der Waals surface area (Å²) in [6.45, 7) is 2.13. The van der Waals surface area contributed by atoms with E-state index < -0.39 is 0 Å². The van der Waals surface area contributed by atoms with Crippen molar-refractivity contribution in [2.75, 3.05) is 10.7 Å². The topological polar surface area (TPSA) is 46.1 Å². The second-order valence-corrected chi connectivity index (χ2v) is 9.35. The van der Waals surface area contributed by atoms with Gasteiger partial charge in [-0.25, -0.2) is 9.97 Å². The number of anilines is 1. The standard InChI is InChI=1S/C21H21N3OS2/c1-13-10-14-6-2-4-8-16(14)24(13)18(25)11-26-20-19-15-7-3-5-9-17(15)27-21(19)23-12-22-20/h2,4,6,8,12-13H,3,5,7,9-11H2,1H3/t13-/m0/s1. The number of aromatic nitrogens is 2. The number of carbonyl (C=O) groups is 1. The molecule has 1 aliphatic carbocycles. The molecule has 0 saturated heterocycles. The summed E-state index contributed by atoms with van der Waals surface area (Å²) in [5.74, 6) is 0.573. The van der Waals surface area contributed by atoms with E-state index in [1.54, 1.807) is 29.4 Å². The first-order valence-electron chi connectivity index (χ1n) is 9.50. The van der Waals surface area contributed by atoms with E-state index >= 15 is 0 Å². The molecule has 2 aromatic heterocycles. The van der Waals surface area contributed by atoms with E-state index in [2.05, 4.69) is 29.0 Å². The van der Waals surface area contributed by atoms with Gasteiger partial charge in [0.05, 0.1) is 5.75 Å². The minimum absolute atomic E-state index is 0.160. The molecule has 0 bridgehead atoms. The van der Waals surface area contributed by atoms with Crippen LogP contribution in [0, 0.1) is 0 Å². The summed E-state index contributed by atoms with van der Waals surface area (Å²) in [5.41, 5.74) is 3.76. The monoisotopic (exact) mass is 395 g/mol. The van der Waals surface area contributed by atoms with Gasteiger partial charge in [-0.2, -0.15) is 0 Å². The van der Waals surface area contributed by atoms with E-state index in [1.807, 2.05) is 17.0 Å². The molecule has 0 fully saturated rings. The van der Waals surface area contributed by atoms with Gasteiger partial charge < -0.3 is 4.90 Å². The number of amides is 1. The summed E-state index contributed by atoms with van der Waals surface area (Å²) in [4.78, 5) is 26.6. The summed E-state index contributed by atoms with van der Waals surface area (Å²) < 4.78 is 0. The first-order valence-corrected chi connectivity index (χ1v) is 11.3. The molecule has 3 aromatic rings. The number of thioether (sulfide) groups is 1. The molecule has 0 saturated carbocycles. The Hall–Kier alpha value is -1.92. The fraction of sp³-hybridized carbons (Fsp3) is 0.381. The lowest BCUT2D eigenvalue weighted by Crippen LogP contribution is -2.37. The number of fused-ring (bicyclic) bond motifs is 4. The summed E-state index contributed by atoms with van der Waals surface area (Å²) in [6, 6.07) is 8.45. The third-order valence-electron chi connectivity index (χ3n) is 5.52. The Morgan fingerprint density at radius 2 is 2.11 bits per heavy atom. The van der Waals surface area contributed by atoms with Gasteiger partial charge in [0.25, 0.3) is 0 Å². The highest BCUT2D eigenvalue weighted by molar-refractivity contribution is 8.00. The smallest absolute Gasteiger partial charge is 0.237 e. The number of para-hydroxylation sites is 1. The van der Waals surface area contributed by atoms with Gasteiger partial charge in [-0.05, 0) is 56.2 Å². The molecule has 0 radical (unpaired) electrons. The quantitative estimate of drug-likeness (QED) is 0.479. The Morgan fingerprint density at radius 3 is 3.04 bits per heavy atom. The van der Waals surface area contributed by atoms with Gasteiger partial charge in [0, 0.05) is 22.0 Å². The predicted molar refractivity (Wildman–Crippen MR) is 112 cm³/mol. The lowest BCUT2D eigenvalue weighted by Gasteiger charge is -2.22. The van der Waals surface area contributed by atoms with Crippen LogP contribution in [0.2, 0.25) is 0 Å². The number of nitrogens with zero attached hydrogens (tertiary/aromatic N) is 3. The molecular formula is C21H21N3OS2. The van der Waals surface area contributed by atoms with Crippen molar-refractivity contribution in [3.05, 3.63) is 46.6 Å². The molecule has 6 heteroatoms. The lowest BCUT2D eigenvalue weighted by molar-refractivity contribution is -0.116. The van der Waals surface area contributed by atoms with Crippen LogP contribution in [0.25, 0.3) is 10.2 Å². The third-order valence-corrected chi connectivity index (χ3v) is 7.70. The fourth-order valence-corrected chi connectivity index (χ4v) is 6.49. The summed E-state index contributed by atoms with van der Waals surface area (Å²) in [7, 11) is 0. The minimum atomic E-state index is 0.160. The predicted octanol–water partition coefficient (Wildman–Crippen LogP) is 4.64. The maximum Gasteiger partial charge on any atom is 0.237 e. The van der Waals surface area contributed by atoms with Crippen molar-refractivity contribution >= 4 is 44.9 Å². The van der Waals surface area contributed by atoms with Crippen molar-refractivity contribution < 1.29 is 4.79 Å². The van der Waals surface area contributed by atoms with Crippen molar-refractivity contribution in [2.24, 2.45) is 0 Å². The van der Waals surface area contributed by atoms with Crippen molar-refractivity contribution in [3.8, 4) is 0 Å². The normalized spacial score (nSPS) is 18.6. The van der Waals surface area contributed by atoms with Gasteiger partial charge in [0.15, 0.2) is 0 Å². The molecular weight excluding hydrogens is 374 g/mol. The Morgan fingerprint density at radius 1 is 1.26 bits per heavy atom. The average Bonchev–Trinajstić information content (AvgIpc) is 3.23. The van der Waals surface area contributed by atoms with Gasteiger partial charge in [-0.15, -0.1) is 11.3 Å².